The molecule has 2 atom stereocenters. The number of hydrogen-bond donors (Lipinski definition) is 1. The first-order valence-electron chi connectivity index (χ1n) is 7.48. The Labute approximate surface area is 112 Å². The summed E-state index contributed by atoms with van der Waals surface area (Å²) in [5.41, 5.74) is 0. The SMILES string of the molecule is CC(NCCCN1CCN(C)CC1)C1CCOC1. The molecule has 0 saturated carbocycles. The highest BCUT2D eigenvalue weighted by Crippen LogP contribution is 2.16. The molecule has 2 fully saturated rings. The van der Waals surface area contributed by atoms with Crippen LogP contribution in [0.3, 0.4) is 0 Å². The van der Waals surface area contributed by atoms with E-state index in [0.717, 1.165) is 25.7 Å². The smallest absolute Gasteiger partial charge is 0.0509 e. The standard InChI is InChI=1S/C14H29N3O/c1-13(14-4-11-18-12-14)15-5-3-6-17-9-7-16(2)8-10-17/h13-15H,3-12H2,1-2H3. The Hall–Kier alpha value is -0.160. The van der Waals surface area contributed by atoms with Gasteiger partial charge in [-0.15, -0.1) is 0 Å². The van der Waals surface area contributed by atoms with Crippen molar-refractivity contribution in [2.45, 2.75) is 25.8 Å². The Bertz CT molecular complexity index is 223. The zero-order chi connectivity index (χ0) is 12.8. The van der Waals surface area contributed by atoms with Gasteiger partial charge in [-0.25, -0.2) is 0 Å². The molecule has 2 heterocycles. The first-order valence-corrected chi connectivity index (χ1v) is 7.48. The van der Waals surface area contributed by atoms with E-state index in [-0.39, 0.29) is 0 Å². The van der Waals surface area contributed by atoms with Gasteiger partial charge in [-0.2, -0.15) is 0 Å². The van der Waals surface area contributed by atoms with Crippen LogP contribution in [0.5, 0.6) is 0 Å². The minimum Gasteiger partial charge on any atom is -0.381 e. The van der Waals surface area contributed by atoms with Crippen molar-refractivity contribution >= 4 is 0 Å². The lowest BCUT2D eigenvalue weighted by Gasteiger charge is -2.32. The van der Waals surface area contributed by atoms with Gasteiger partial charge in [0.2, 0.25) is 0 Å². The van der Waals surface area contributed by atoms with Crippen LogP contribution in [0.1, 0.15) is 19.8 Å². The average Bonchev–Trinajstić information content (AvgIpc) is 2.90. The minimum atomic E-state index is 0.611. The number of piperazine rings is 1. The van der Waals surface area contributed by atoms with Crippen LogP contribution in [0.15, 0.2) is 0 Å². The molecular formula is C14H29N3O. The molecule has 0 aromatic heterocycles. The molecule has 1 N–H and O–H groups in total. The lowest BCUT2D eigenvalue weighted by Crippen LogP contribution is -2.45. The van der Waals surface area contributed by atoms with Crippen molar-refractivity contribution in [2.75, 3.05) is 59.5 Å². The topological polar surface area (TPSA) is 27.7 Å². The summed E-state index contributed by atoms with van der Waals surface area (Å²) in [4.78, 5) is 5.00. The lowest BCUT2D eigenvalue weighted by atomic mass is 10.0. The molecule has 0 spiro atoms. The summed E-state index contributed by atoms with van der Waals surface area (Å²) < 4.78 is 5.44. The zero-order valence-corrected chi connectivity index (χ0v) is 12.0. The lowest BCUT2D eigenvalue weighted by molar-refractivity contribution is 0.151. The molecule has 2 aliphatic rings. The van der Waals surface area contributed by atoms with E-state index in [9.17, 15) is 0 Å². The number of likely N-dealkylation sites (N-methyl/N-ethyl adjacent to an activating group) is 1. The Morgan fingerprint density at radius 3 is 2.72 bits per heavy atom. The number of nitrogens with zero attached hydrogens (tertiary/aromatic N) is 2. The third-order valence-electron chi connectivity index (χ3n) is 4.39. The van der Waals surface area contributed by atoms with Gasteiger partial charge in [-0.1, -0.05) is 0 Å². The van der Waals surface area contributed by atoms with Crippen molar-refractivity contribution in [1.29, 1.82) is 0 Å². The normalized spacial score (nSPS) is 28.7. The van der Waals surface area contributed by atoms with Crippen molar-refractivity contribution in [3.8, 4) is 0 Å². The second-order valence-corrected chi connectivity index (χ2v) is 5.86. The van der Waals surface area contributed by atoms with E-state index in [0.29, 0.717) is 6.04 Å². The molecule has 4 nitrogen and oxygen atoms in total. The molecule has 2 unspecified atom stereocenters. The molecule has 0 aromatic rings. The average molecular weight is 255 g/mol. The first-order chi connectivity index (χ1) is 8.75. The zero-order valence-electron chi connectivity index (χ0n) is 12.0. The van der Waals surface area contributed by atoms with Crippen molar-refractivity contribution in [3.63, 3.8) is 0 Å². The molecule has 4 heteroatoms. The van der Waals surface area contributed by atoms with Crippen LogP contribution in [0.4, 0.5) is 0 Å². The van der Waals surface area contributed by atoms with Gasteiger partial charge in [0.25, 0.3) is 0 Å². The summed E-state index contributed by atoms with van der Waals surface area (Å²) in [6, 6.07) is 0.611. The number of rotatable bonds is 6. The fraction of sp³-hybridized carbons (Fsp3) is 1.00. The van der Waals surface area contributed by atoms with E-state index in [1.165, 1.54) is 45.6 Å². The molecule has 2 saturated heterocycles. The van der Waals surface area contributed by atoms with Crippen molar-refractivity contribution in [2.24, 2.45) is 5.92 Å². The van der Waals surface area contributed by atoms with Crippen molar-refractivity contribution in [1.82, 2.24) is 15.1 Å². The highest BCUT2D eigenvalue weighted by molar-refractivity contribution is 4.76. The number of nitrogens with one attached hydrogen (secondary N) is 1. The van der Waals surface area contributed by atoms with Crippen molar-refractivity contribution < 1.29 is 4.74 Å². The van der Waals surface area contributed by atoms with Gasteiger partial charge < -0.3 is 19.9 Å². The molecule has 106 valence electrons. The number of hydrogen-bond acceptors (Lipinski definition) is 4. The number of ether oxygens (including phenoxy) is 1. The molecule has 0 radical (unpaired) electrons. The van der Waals surface area contributed by atoms with E-state index >= 15 is 0 Å². The maximum atomic E-state index is 5.44. The van der Waals surface area contributed by atoms with Crippen LogP contribution >= 0.6 is 0 Å². The second-order valence-electron chi connectivity index (χ2n) is 5.86. The van der Waals surface area contributed by atoms with E-state index in [1.54, 1.807) is 0 Å². The van der Waals surface area contributed by atoms with Crippen LogP contribution in [0, 0.1) is 5.92 Å². The predicted molar refractivity (Wildman–Crippen MR) is 74.9 cm³/mol. The molecular weight excluding hydrogens is 226 g/mol. The summed E-state index contributed by atoms with van der Waals surface area (Å²) in [5, 5.41) is 3.66. The van der Waals surface area contributed by atoms with Crippen LogP contribution in [-0.4, -0.2) is 75.4 Å². The highest BCUT2D eigenvalue weighted by atomic mass is 16.5. The van der Waals surface area contributed by atoms with E-state index in [2.05, 4.69) is 29.1 Å². The maximum Gasteiger partial charge on any atom is 0.0509 e. The summed E-state index contributed by atoms with van der Waals surface area (Å²) >= 11 is 0. The van der Waals surface area contributed by atoms with E-state index < -0.39 is 0 Å². The van der Waals surface area contributed by atoms with E-state index in [4.69, 9.17) is 4.74 Å². The molecule has 0 bridgehead atoms. The van der Waals surface area contributed by atoms with Crippen LogP contribution in [-0.2, 0) is 4.74 Å². The summed E-state index contributed by atoms with van der Waals surface area (Å²) in [5.74, 6) is 0.730. The van der Waals surface area contributed by atoms with Gasteiger partial charge in [0.05, 0.1) is 6.61 Å². The van der Waals surface area contributed by atoms with Gasteiger partial charge in [0, 0.05) is 38.8 Å². The fourth-order valence-corrected chi connectivity index (χ4v) is 2.82. The summed E-state index contributed by atoms with van der Waals surface area (Å²) in [6.07, 6.45) is 2.49. The van der Waals surface area contributed by atoms with Crippen LogP contribution in [0.2, 0.25) is 0 Å². The monoisotopic (exact) mass is 255 g/mol. The third-order valence-corrected chi connectivity index (χ3v) is 4.39. The molecule has 18 heavy (non-hydrogen) atoms. The quantitative estimate of drug-likeness (QED) is 0.705. The van der Waals surface area contributed by atoms with Gasteiger partial charge in [0.15, 0.2) is 0 Å². The molecule has 0 aromatic carbocycles. The highest BCUT2D eigenvalue weighted by Gasteiger charge is 2.21. The summed E-state index contributed by atoms with van der Waals surface area (Å²) in [6.45, 7) is 11.5. The van der Waals surface area contributed by atoms with Gasteiger partial charge in [0.1, 0.15) is 0 Å². The Balaban J connectivity index is 1.50. The van der Waals surface area contributed by atoms with Gasteiger partial charge in [-0.05, 0) is 45.8 Å². The van der Waals surface area contributed by atoms with Crippen molar-refractivity contribution in [3.05, 3.63) is 0 Å². The second kappa shape index (κ2) is 7.43. The maximum absolute atomic E-state index is 5.44. The van der Waals surface area contributed by atoms with Crippen LogP contribution in [0.25, 0.3) is 0 Å². The Kier molecular flexibility index (Phi) is 5.89. The molecule has 0 aliphatic carbocycles. The largest absolute Gasteiger partial charge is 0.381 e. The van der Waals surface area contributed by atoms with Crippen LogP contribution < -0.4 is 5.32 Å². The van der Waals surface area contributed by atoms with Gasteiger partial charge >= 0.3 is 0 Å². The molecule has 2 rings (SSSR count). The minimum absolute atomic E-state index is 0.611. The first kappa shape index (κ1) is 14.3. The fourth-order valence-electron chi connectivity index (χ4n) is 2.82. The Morgan fingerprint density at radius 1 is 1.28 bits per heavy atom. The Morgan fingerprint density at radius 2 is 2.06 bits per heavy atom. The predicted octanol–water partition coefficient (Wildman–Crippen LogP) is 0.639. The molecule has 0 amide bonds. The van der Waals surface area contributed by atoms with E-state index in [1.807, 2.05) is 0 Å². The third kappa shape index (κ3) is 4.50. The summed E-state index contributed by atoms with van der Waals surface area (Å²) in [7, 11) is 2.21. The van der Waals surface area contributed by atoms with Gasteiger partial charge in [-0.3, -0.25) is 0 Å². The molecule has 2 aliphatic heterocycles.